The summed E-state index contributed by atoms with van der Waals surface area (Å²) in [5.41, 5.74) is 2.34. The van der Waals surface area contributed by atoms with Crippen LogP contribution >= 0.6 is 0 Å². The Morgan fingerprint density at radius 3 is 2.70 bits per heavy atom. The van der Waals surface area contributed by atoms with Gasteiger partial charge in [-0.1, -0.05) is 30.3 Å². The molecule has 0 unspecified atom stereocenters. The number of rotatable bonds is 5. The third-order valence-electron chi connectivity index (χ3n) is 4.92. The minimum absolute atomic E-state index is 0.0857. The zero-order chi connectivity index (χ0) is 18.8. The van der Waals surface area contributed by atoms with Crippen molar-refractivity contribution in [1.29, 1.82) is 0 Å². The van der Waals surface area contributed by atoms with E-state index in [0.29, 0.717) is 24.3 Å². The number of hydrogen-bond donors (Lipinski definition) is 1. The molecule has 6 nitrogen and oxygen atoms in total. The Kier molecular flexibility index (Phi) is 4.54. The van der Waals surface area contributed by atoms with E-state index >= 15 is 0 Å². The van der Waals surface area contributed by atoms with Crippen molar-refractivity contribution in [3.8, 4) is 5.75 Å². The van der Waals surface area contributed by atoms with Gasteiger partial charge in [0, 0.05) is 29.2 Å². The fraction of sp³-hybridized carbons (Fsp3) is 0.238. The maximum Gasteiger partial charge on any atom is 0.410 e. The van der Waals surface area contributed by atoms with Gasteiger partial charge in [-0.3, -0.25) is 9.69 Å². The fourth-order valence-corrected chi connectivity index (χ4v) is 3.29. The number of ether oxygens (including phenoxy) is 2. The molecule has 0 aliphatic carbocycles. The van der Waals surface area contributed by atoms with Crippen LogP contribution < -0.4 is 4.74 Å². The number of nitrogens with zero attached hydrogens (tertiary/aromatic N) is 1. The van der Waals surface area contributed by atoms with E-state index in [0.717, 1.165) is 16.5 Å². The van der Waals surface area contributed by atoms with Gasteiger partial charge in [0.25, 0.3) is 0 Å². The Bertz CT molecular complexity index is 980. The van der Waals surface area contributed by atoms with E-state index in [4.69, 9.17) is 9.47 Å². The van der Waals surface area contributed by atoms with Crippen molar-refractivity contribution in [1.82, 2.24) is 9.88 Å². The Morgan fingerprint density at radius 1 is 1.19 bits per heavy atom. The normalized spacial score (nSPS) is 16.0. The van der Waals surface area contributed by atoms with Gasteiger partial charge in [-0.15, -0.1) is 0 Å². The number of carbonyl (C=O) groups is 2. The van der Waals surface area contributed by atoms with E-state index in [1.54, 1.807) is 13.3 Å². The lowest BCUT2D eigenvalue weighted by molar-refractivity contribution is 0.0383. The standard InChI is InChI=1S/C21H20N2O4/c1-26-15-7-8-18-16(11-15)17(12-22-18)20(24)19-9-10-23(19)21(25)27-13-14-5-3-2-4-6-14/h2-8,11-12,19,22H,9-10,13H2,1H3/t19-/m0/s1. The average Bonchev–Trinajstić information content (AvgIpc) is 3.09. The van der Waals surface area contributed by atoms with Crippen LogP contribution in [0.4, 0.5) is 4.79 Å². The predicted molar refractivity (Wildman–Crippen MR) is 101 cm³/mol. The quantitative estimate of drug-likeness (QED) is 0.700. The van der Waals surface area contributed by atoms with Crippen LogP contribution in [0.25, 0.3) is 10.9 Å². The number of carbonyl (C=O) groups excluding carboxylic acids is 2. The molecule has 1 N–H and O–H groups in total. The lowest BCUT2D eigenvalue weighted by Crippen LogP contribution is -2.55. The molecular weight excluding hydrogens is 344 g/mol. The van der Waals surface area contributed by atoms with Crippen LogP contribution in [0.3, 0.4) is 0 Å². The third kappa shape index (κ3) is 3.26. The van der Waals surface area contributed by atoms with E-state index in [2.05, 4.69) is 4.98 Å². The highest BCUT2D eigenvalue weighted by molar-refractivity contribution is 6.11. The number of benzene rings is 2. The molecular formula is C21H20N2O4. The van der Waals surface area contributed by atoms with Crippen molar-refractivity contribution in [2.75, 3.05) is 13.7 Å². The van der Waals surface area contributed by atoms with Crippen LogP contribution in [0.5, 0.6) is 5.75 Å². The summed E-state index contributed by atoms with van der Waals surface area (Å²) in [6, 6.07) is 14.5. The summed E-state index contributed by atoms with van der Waals surface area (Å²) >= 11 is 0. The second kappa shape index (κ2) is 7.15. The van der Waals surface area contributed by atoms with Gasteiger partial charge in [0.1, 0.15) is 18.4 Å². The minimum atomic E-state index is -0.488. The summed E-state index contributed by atoms with van der Waals surface area (Å²) in [4.78, 5) is 29.9. The first-order valence-electron chi connectivity index (χ1n) is 8.84. The first-order valence-corrected chi connectivity index (χ1v) is 8.84. The number of likely N-dealkylation sites (tertiary alicyclic amines) is 1. The molecule has 3 aromatic rings. The second-order valence-corrected chi connectivity index (χ2v) is 6.52. The molecule has 1 amide bonds. The number of methoxy groups -OCH3 is 1. The van der Waals surface area contributed by atoms with Crippen LogP contribution in [0, 0.1) is 0 Å². The van der Waals surface area contributed by atoms with Gasteiger partial charge in [-0.25, -0.2) is 4.79 Å². The van der Waals surface area contributed by atoms with Crippen molar-refractivity contribution in [2.45, 2.75) is 19.1 Å². The van der Waals surface area contributed by atoms with Crippen molar-refractivity contribution in [3.63, 3.8) is 0 Å². The number of hydrogen-bond acceptors (Lipinski definition) is 4. The number of fused-ring (bicyclic) bond motifs is 1. The number of nitrogens with one attached hydrogen (secondary N) is 1. The first kappa shape index (κ1) is 17.1. The monoisotopic (exact) mass is 364 g/mol. The SMILES string of the molecule is COc1ccc2[nH]cc(C(=O)[C@@H]3CCN3C(=O)OCc3ccccc3)c2c1. The van der Waals surface area contributed by atoms with E-state index < -0.39 is 12.1 Å². The Hall–Kier alpha value is -3.28. The molecule has 6 heteroatoms. The maximum absolute atomic E-state index is 13.0. The van der Waals surface area contributed by atoms with Crippen LogP contribution in [-0.2, 0) is 11.3 Å². The van der Waals surface area contributed by atoms with Crippen LogP contribution in [0.1, 0.15) is 22.3 Å². The Balaban J connectivity index is 1.47. The number of Topliss-reactive ketones (excluding diaryl/α,β-unsaturated/α-hetero) is 1. The van der Waals surface area contributed by atoms with Crippen LogP contribution in [0.15, 0.2) is 54.7 Å². The zero-order valence-electron chi connectivity index (χ0n) is 15.0. The number of aromatic nitrogens is 1. The van der Waals surface area contributed by atoms with Crippen molar-refractivity contribution >= 4 is 22.8 Å². The number of amides is 1. The van der Waals surface area contributed by atoms with Crippen molar-refractivity contribution < 1.29 is 19.1 Å². The molecule has 1 fully saturated rings. The van der Waals surface area contributed by atoms with Gasteiger partial charge in [0.15, 0.2) is 5.78 Å². The first-order chi connectivity index (χ1) is 13.2. The van der Waals surface area contributed by atoms with E-state index in [1.165, 1.54) is 4.90 Å². The van der Waals surface area contributed by atoms with E-state index in [-0.39, 0.29) is 12.4 Å². The Labute approximate surface area is 156 Å². The molecule has 1 atom stereocenters. The Morgan fingerprint density at radius 2 is 2.00 bits per heavy atom. The third-order valence-corrected chi connectivity index (χ3v) is 4.92. The lowest BCUT2D eigenvalue weighted by Gasteiger charge is -2.38. The molecule has 0 bridgehead atoms. The van der Waals surface area contributed by atoms with Gasteiger partial charge in [0.05, 0.1) is 7.11 Å². The van der Waals surface area contributed by atoms with E-state index in [1.807, 2.05) is 48.5 Å². The van der Waals surface area contributed by atoms with E-state index in [9.17, 15) is 9.59 Å². The molecule has 0 radical (unpaired) electrons. The molecule has 2 heterocycles. The van der Waals surface area contributed by atoms with Gasteiger partial charge in [0.2, 0.25) is 0 Å². The number of aromatic amines is 1. The summed E-state index contributed by atoms with van der Waals surface area (Å²) in [7, 11) is 1.59. The summed E-state index contributed by atoms with van der Waals surface area (Å²) in [6.07, 6.45) is 1.87. The zero-order valence-corrected chi connectivity index (χ0v) is 15.0. The summed E-state index contributed by atoms with van der Waals surface area (Å²) in [6.45, 7) is 0.719. The molecule has 0 spiro atoms. The highest BCUT2D eigenvalue weighted by Gasteiger charge is 2.39. The molecule has 4 rings (SSSR count). The number of H-pyrrole nitrogens is 1. The van der Waals surface area contributed by atoms with Crippen LogP contribution in [-0.4, -0.2) is 41.5 Å². The molecule has 1 aliphatic rings. The predicted octanol–water partition coefficient (Wildman–Crippen LogP) is 3.77. The van der Waals surface area contributed by atoms with Gasteiger partial charge in [-0.05, 0) is 30.2 Å². The highest BCUT2D eigenvalue weighted by atomic mass is 16.6. The molecule has 2 aromatic carbocycles. The highest BCUT2D eigenvalue weighted by Crippen LogP contribution is 2.29. The van der Waals surface area contributed by atoms with Crippen LogP contribution in [0.2, 0.25) is 0 Å². The van der Waals surface area contributed by atoms with Crippen molar-refractivity contribution in [3.05, 3.63) is 65.9 Å². The number of ketones is 1. The molecule has 1 aromatic heterocycles. The molecule has 0 saturated carbocycles. The summed E-state index contributed by atoms with van der Waals surface area (Å²) in [5, 5.41) is 0.795. The molecule has 138 valence electrons. The smallest absolute Gasteiger partial charge is 0.410 e. The lowest BCUT2D eigenvalue weighted by atomic mass is 9.94. The second-order valence-electron chi connectivity index (χ2n) is 6.52. The molecule has 1 saturated heterocycles. The van der Waals surface area contributed by atoms with Gasteiger partial charge in [-0.2, -0.15) is 0 Å². The van der Waals surface area contributed by atoms with Crippen molar-refractivity contribution in [2.24, 2.45) is 0 Å². The summed E-state index contributed by atoms with van der Waals surface area (Å²) in [5.74, 6) is 0.598. The fourth-order valence-electron chi connectivity index (χ4n) is 3.29. The minimum Gasteiger partial charge on any atom is -0.497 e. The summed E-state index contributed by atoms with van der Waals surface area (Å²) < 4.78 is 10.6. The van der Waals surface area contributed by atoms with Gasteiger partial charge >= 0.3 is 6.09 Å². The molecule has 1 aliphatic heterocycles. The topological polar surface area (TPSA) is 71.6 Å². The average molecular weight is 364 g/mol. The van der Waals surface area contributed by atoms with Gasteiger partial charge < -0.3 is 14.5 Å². The largest absolute Gasteiger partial charge is 0.497 e. The molecule has 27 heavy (non-hydrogen) atoms. The maximum atomic E-state index is 13.0.